The summed E-state index contributed by atoms with van der Waals surface area (Å²) < 4.78 is 77.8. The molecule has 0 saturated heterocycles. The minimum Gasteiger partial charge on any atom is -0.395 e. The highest BCUT2D eigenvalue weighted by molar-refractivity contribution is 7.90. The predicted molar refractivity (Wildman–Crippen MR) is 108 cm³/mol. The van der Waals surface area contributed by atoms with E-state index >= 15 is 0 Å². The van der Waals surface area contributed by atoms with Gasteiger partial charge in [0.2, 0.25) is 0 Å². The molecule has 2 aromatic carbocycles. The molecule has 0 fully saturated rings. The van der Waals surface area contributed by atoms with Crippen LogP contribution in [0.15, 0.2) is 53.4 Å². The number of aliphatic hydroxyl groups excluding tert-OH is 1. The zero-order valence-electron chi connectivity index (χ0n) is 16.9. The van der Waals surface area contributed by atoms with Crippen molar-refractivity contribution in [3.8, 4) is 11.1 Å². The lowest BCUT2D eigenvalue weighted by Gasteiger charge is -2.29. The van der Waals surface area contributed by atoms with Crippen molar-refractivity contribution >= 4 is 9.84 Å². The Kier molecular flexibility index (Phi) is 7.32. The Morgan fingerprint density at radius 1 is 0.933 bits per heavy atom. The molecule has 0 aliphatic rings. The lowest BCUT2D eigenvalue weighted by molar-refractivity contribution is -0.161. The average molecular weight is 447 g/mol. The highest BCUT2D eigenvalue weighted by Crippen LogP contribution is 2.35. The molecule has 166 valence electrons. The first-order valence-corrected chi connectivity index (χ1v) is 11.1. The molecule has 2 atom stereocenters. The molecule has 0 saturated carbocycles. The van der Waals surface area contributed by atoms with Crippen molar-refractivity contribution in [1.82, 2.24) is 5.32 Å². The van der Waals surface area contributed by atoms with E-state index in [4.69, 9.17) is 0 Å². The summed E-state index contributed by atoms with van der Waals surface area (Å²) in [6.45, 7) is 1.85. The Hall–Kier alpha value is -1.97. The second-order valence-electron chi connectivity index (χ2n) is 7.86. The van der Waals surface area contributed by atoms with E-state index in [1.165, 1.54) is 50.2 Å². The summed E-state index contributed by atoms with van der Waals surface area (Å²) >= 11 is 0. The van der Waals surface area contributed by atoms with E-state index < -0.39 is 40.4 Å². The molecule has 0 heterocycles. The second kappa shape index (κ2) is 9.03. The molecule has 9 heteroatoms. The Morgan fingerprint density at radius 2 is 1.40 bits per heavy atom. The summed E-state index contributed by atoms with van der Waals surface area (Å²) in [6, 6.07) is 8.49. The molecule has 0 spiro atoms. The van der Waals surface area contributed by atoms with Gasteiger partial charge in [-0.25, -0.2) is 12.8 Å². The molecule has 2 N–H and O–H groups in total. The summed E-state index contributed by atoms with van der Waals surface area (Å²) in [6.07, 6.45) is -3.84. The van der Waals surface area contributed by atoms with E-state index in [1.807, 2.05) is 0 Å². The number of alkyl halides is 4. The van der Waals surface area contributed by atoms with Crippen molar-refractivity contribution in [1.29, 1.82) is 0 Å². The van der Waals surface area contributed by atoms with E-state index in [0.717, 1.165) is 6.26 Å². The smallest absolute Gasteiger partial charge is 0.395 e. The molecule has 0 bridgehead atoms. The van der Waals surface area contributed by atoms with Crippen LogP contribution in [-0.2, 0) is 9.84 Å². The van der Waals surface area contributed by atoms with Crippen LogP contribution in [0.1, 0.15) is 31.9 Å². The van der Waals surface area contributed by atoms with E-state index in [2.05, 4.69) is 5.32 Å². The van der Waals surface area contributed by atoms with Crippen molar-refractivity contribution in [3.63, 3.8) is 0 Å². The van der Waals surface area contributed by atoms with Gasteiger partial charge in [0.1, 0.15) is 11.7 Å². The van der Waals surface area contributed by atoms with Crippen LogP contribution in [0.5, 0.6) is 0 Å². The van der Waals surface area contributed by atoms with Gasteiger partial charge in [0.15, 0.2) is 9.84 Å². The van der Waals surface area contributed by atoms with Gasteiger partial charge in [-0.1, -0.05) is 36.4 Å². The maximum absolute atomic E-state index is 13.8. The summed E-state index contributed by atoms with van der Waals surface area (Å²) in [5.74, 6) is 0. The van der Waals surface area contributed by atoms with Gasteiger partial charge in [0.05, 0.1) is 11.5 Å². The predicted octanol–water partition coefficient (Wildman–Crippen LogP) is 4.45. The molecule has 30 heavy (non-hydrogen) atoms. The van der Waals surface area contributed by atoms with E-state index in [-0.39, 0.29) is 16.9 Å². The third-order valence-corrected chi connectivity index (χ3v) is 5.67. The zero-order chi connectivity index (χ0) is 22.7. The quantitative estimate of drug-likeness (QED) is 0.587. The number of benzene rings is 2. The first kappa shape index (κ1) is 24.3. The normalized spacial score (nSPS) is 15.1. The van der Waals surface area contributed by atoms with Gasteiger partial charge >= 0.3 is 6.18 Å². The molecule has 0 aliphatic heterocycles. The number of hydrogen-bond acceptors (Lipinski definition) is 4. The van der Waals surface area contributed by atoms with Crippen LogP contribution in [0, 0.1) is 0 Å². The average Bonchev–Trinajstić information content (AvgIpc) is 2.63. The van der Waals surface area contributed by atoms with Gasteiger partial charge in [-0.15, -0.1) is 0 Å². The maximum Gasteiger partial charge on any atom is 0.407 e. The van der Waals surface area contributed by atoms with Crippen molar-refractivity contribution < 1.29 is 31.1 Å². The molecule has 0 amide bonds. The first-order valence-electron chi connectivity index (χ1n) is 9.24. The largest absolute Gasteiger partial charge is 0.407 e. The SMILES string of the molecule is CC(C)(F)C[C@@H](CO)N[C@@H](c1ccc(-c2ccc(S(C)(=O)=O)cc2)cc1)C(F)(F)F. The molecule has 0 radical (unpaired) electrons. The minimum absolute atomic E-state index is 0.0749. The third-order valence-electron chi connectivity index (χ3n) is 4.54. The Labute approximate surface area is 173 Å². The van der Waals surface area contributed by atoms with Gasteiger partial charge in [0.25, 0.3) is 0 Å². The summed E-state index contributed by atoms with van der Waals surface area (Å²) in [7, 11) is -3.34. The fourth-order valence-corrected chi connectivity index (χ4v) is 3.77. The van der Waals surface area contributed by atoms with Crippen molar-refractivity contribution in [2.75, 3.05) is 12.9 Å². The van der Waals surface area contributed by atoms with Crippen LogP contribution in [0.4, 0.5) is 17.6 Å². The Bertz CT molecular complexity index is 934. The highest BCUT2D eigenvalue weighted by Gasteiger charge is 2.42. The first-order chi connectivity index (χ1) is 13.7. The lowest BCUT2D eigenvalue weighted by Crippen LogP contribution is -2.44. The maximum atomic E-state index is 13.8. The van der Waals surface area contributed by atoms with E-state index in [0.29, 0.717) is 11.1 Å². The molecule has 2 rings (SSSR count). The van der Waals surface area contributed by atoms with Gasteiger partial charge in [-0.3, -0.25) is 5.32 Å². The summed E-state index contributed by atoms with van der Waals surface area (Å²) in [4.78, 5) is 0.148. The van der Waals surface area contributed by atoms with Gasteiger partial charge < -0.3 is 5.11 Å². The number of rotatable bonds is 8. The zero-order valence-corrected chi connectivity index (χ0v) is 17.7. The highest BCUT2D eigenvalue weighted by atomic mass is 32.2. The number of sulfone groups is 1. The van der Waals surface area contributed by atoms with E-state index in [1.54, 1.807) is 12.1 Å². The van der Waals surface area contributed by atoms with Crippen LogP contribution >= 0.6 is 0 Å². The Morgan fingerprint density at radius 3 is 1.77 bits per heavy atom. The van der Waals surface area contributed by atoms with Crippen LogP contribution in [0.2, 0.25) is 0 Å². The van der Waals surface area contributed by atoms with Crippen molar-refractivity contribution in [2.24, 2.45) is 0 Å². The molecule has 0 aromatic heterocycles. The molecular formula is C21H25F4NO3S. The molecule has 0 aliphatic carbocycles. The van der Waals surface area contributed by atoms with Gasteiger partial charge in [-0.2, -0.15) is 13.2 Å². The fraction of sp³-hybridized carbons (Fsp3) is 0.429. The van der Waals surface area contributed by atoms with Crippen LogP contribution in [0.3, 0.4) is 0 Å². The summed E-state index contributed by atoms with van der Waals surface area (Å²) in [5.41, 5.74) is -0.547. The minimum atomic E-state index is -4.65. The van der Waals surface area contributed by atoms with Gasteiger partial charge in [0, 0.05) is 12.3 Å². The number of halogens is 4. The molecule has 2 aromatic rings. The third kappa shape index (κ3) is 6.78. The number of hydrogen-bond donors (Lipinski definition) is 2. The fourth-order valence-electron chi connectivity index (χ4n) is 3.14. The lowest BCUT2D eigenvalue weighted by atomic mass is 9.97. The molecule has 4 nitrogen and oxygen atoms in total. The van der Waals surface area contributed by atoms with Crippen molar-refractivity contribution in [2.45, 2.75) is 49.1 Å². The van der Waals surface area contributed by atoms with E-state index in [9.17, 15) is 31.1 Å². The van der Waals surface area contributed by atoms with Crippen LogP contribution in [0.25, 0.3) is 11.1 Å². The standard InChI is InChI=1S/C21H25F4NO3S/c1-20(2,22)12-17(13-27)26-19(21(23,24)25)16-6-4-14(5-7-16)15-8-10-18(11-9-15)30(3,28)29/h4-11,17,19,26-27H,12-13H2,1-3H3/t17-,19-/m0/s1. The monoisotopic (exact) mass is 447 g/mol. The van der Waals surface area contributed by atoms with Crippen LogP contribution < -0.4 is 5.32 Å². The number of nitrogens with one attached hydrogen (secondary N) is 1. The molecule has 0 unspecified atom stereocenters. The second-order valence-corrected chi connectivity index (χ2v) is 9.88. The summed E-state index contributed by atoms with van der Waals surface area (Å²) in [5, 5.41) is 11.7. The van der Waals surface area contributed by atoms with Gasteiger partial charge in [-0.05, 0) is 49.1 Å². The molecular weight excluding hydrogens is 422 g/mol. The topological polar surface area (TPSA) is 66.4 Å². The van der Waals surface area contributed by atoms with Crippen molar-refractivity contribution in [3.05, 3.63) is 54.1 Å². The Balaban J connectivity index is 2.27. The number of aliphatic hydroxyl groups is 1. The van der Waals surface area contributed by atoms with Crippen LogP contribution in [-0.4, -0.2) is 44.3 Å².